The van der Waals surface area contributed by atoms with Gasteiger partial charge in [0.15, 0.2) is 0 Å². The maximum absolute atomic E-state index is 4.95. The Kier molecular flexibility index (Phi) is 3.07. The fourth-order valence-electron chi connectivity index (χ4n) is 2.29. The molecule has 0 amide bonds. The summed E-state index contributed by atoms with van der Waals surface area (Å²) in [7, 11) is 0. The van der Waals surface area contributed by atoms with E-state index in [-0.39, 0.29) is 0 Å². The number of rotatable bonds is 3. The van der Waals surface area contributed by atoms with Crippen LogP contribution in [0.3, 0.4) is 0 Å². The van der Waals surface area contributed by atoms with Gasteiger partial charge in [0.2, 0.25) is 0 Å². The molecule has 1 saturated heterocycles. The molecular formula is C13H17N3O. The maximum atomic E-state index is 4.95. The molecule has 0 spiro atoms. The molecule has 3 rings (SSSR count). The zero-order valence-electron chi connectivity index (χ0n) is 9.85. The van der Waals surface area contributed by atoms with Crippen molar-refractivity contribution in [2.45, 2.75) is 6.42 Å². The summed E-state index contributed by atoms with van der Waals surface area (Å²) in [5, 5.41) is 8.42. The summed E-state index contributed by atoms with van der Waals surface area (Å²) >= 11 is 0. The third-order valence-corrected chi connectivity index (χ3v) is 3.35. The normalized spacial score (nSPS) is 17.6. The van der Waals surface area contributed by atoms with E-state index in [9.17, 15) is 0 Å². The number of piperazine rings is 1. The number of nitrogens with one attached hydrogen (secondary N) is 1. The van der Waals surface area contributed by atoms with Crippen LogP contribution in [-0.4, -0.2) is 42.8 Å². The average molecular weight is 231 g/mol. The van der Waals surface area contributed by atoms with Crippen molar-refractivity contribution in [3.63, 3.8) is 0 Å². The molecule has 0 unspecified atom stereocenters. The SMILES string of the molecule is c1cc2conc2cc1CCN1CCNCC1. The van der Waals surface area contributed by atoms with Crippen molar-refractivity contribution in [3.8, 4) is 0 Å². The first kappa shape index (κ1) is 10.7. The molecule has 1 aliphatic rings. The van der Waals surface area contributed by atoms with Gasteiger partial charge in [0.05, 0.1) is 0 Å². The molecule has 1 aromatic carbocycles. The van der Waals surface area contributed by atoms with E-state index in [1.54, 1.807) is 6.26 Å². The lowest BCUT2D eigenvalue weighted by Crippen LogP contribution is -2.44. The summed E-state index contributed by atoms with van der Waals surface area (Å²) in [4.78, 5) is 2.50. The average Bonchev–Trinajstić information content (AvgIpc) is 2.85. The van der Waals surface area contributed by atoms with E-state index >= 15 is 0 Å². The molecule has 4 nitrogen and oxygen atoms in total. The Labute approximate surface area is 101 Å². The van der Waals surface area contributed by atoms with Gasteiger partial charge in [0.25, 0.3) is 0 Å². The van der Waals surface area contributed by atoms with Gasteiger partial charge in [-0.2, -0.15) is 0 Å². The molecular weight excluding hydrogens is 214 g/mol. The Hall–Kier alpha value is -1.39. The van der Waals surface area contributed by atoms with Gasteiger partial charge < -0.3 is 14.7 Å². The van der Waals surface area contributed by atoms with Crippen LogP contribution in [0, 0.1) is 0 Å². The highest BCUT2D eigenvalue weighted by Gasteiger charge is 2.09. The van der Waals surface area contributed by atoms with Crippen molar-refractivity contribution >= 4 is 10.9 Å². The minimum absolute atomic E-state index is 0.961. The van der Waals surface area contributed by atoms with Crippen LogP contribution >= 0.6 is 0 Å². The molecule has 0 saturated carbocycles. The van der Waals surface area contributed by atoms with Crippen LogP contribution in [-0.2, 0) is 6.42 Å². The van der Waals surface area contributed by atoms with Crippen molar-refractivity contribution in [3.05, 3.63) is 30.0 Å². The Morgan fingerprint density at radius 3 is 3.06 bits per heavy atom. The lowest BCUT2D eigenvalue weighted by atomic mass is 10.1. The molecule has 1 N–H and O–H groups in total. The molecule has 0 radical (unpaired) electrons. The maximum Gasteiger partial charge on any atom is 0.131 e. The summed E-state index contributed by atoms with van der Waals surface area (Å²) in [6.45, 7) is 5.67. The van der Waals surface area contributed by atoms with Gasteiger partial charge in [-0.25, -0.2) is 0 Å². The van der Waals surface area contributed by atoms with Gasteiger partial charge in [-0.1, -0.05) is 11.2 Å². The van der Waals surface area contributed by atoms with Crippen LogP contribution in [0.15, 0.2) is 29.0 Å². The first-order chi connectivity index (χ1) is 8.42. The molecule has 1 aromatic heterocycles. The van der Waals surface area contributed by atoms with E-state index < -0.39 is 0 Å². The van der Waals surface area contributed by atoms with Gasteiger partial charge in [0, 0.05) is 38.1 Å². The molecule has 0 bridgehead atoms. The summed E-state index contributed by atoms with van der Waals surface area (Å²) in [5.74, 6) is 0. The fraction of sp³-hybridized carbons (Fsp3) is 0.462. The zero-order valence-corrected chi connectivity index (χ0v) is 9.85. The standard InChI is InChI=1S/C13H17N3O/c1-2-12-10-17-15-13(12)9-11(1)3-6-16-7-4-14-5-8-16/h1-2,9-10,14H,3-8H2. The molecule has 1 fully saturated rings. The first-order valence-electron chi connectivity index (χ1n) is 6.18. The number of nitrogens with zero attached hydrogens (tertiary/aromatic N) is 2. The Bertz CT molecular complexity index is 488. The van der Waals surface area contributed by atoms with Gasteiger partial charge >= 0.3 is 0 Å². The van der Waals surface area contributed by atoms with Crippen LogP contribution in [0.1, 0.15) is 5.56 Å². The van der Waals surface area contributed by atoms with Crippen molar-refractivity contribution in [2.75, 3.05) is 32.7 Å². The quantitative estimate of drug-likeness (QED) is 0.864. The molecule has 0 atom stereocenters. The van der Waals surface area contributed by atoms with Crippen LogP contribution < -0.4 is 5.32 Å². The lowest BCUT2D eigenvalue weighted by molar-refractivity contribution is 0.244. The van der Waals surface area contributed by atoms with Crippen LogP contribution in [0.5, 0.6) is 0 Å². The van der Waals surface area contributed by atoms with Crippen molar-refractivity contribution in [2.24, 2.45) is 0 Å². The third kappa shape index (κ3) is 2.48. The van der Waals surface area contributed by atoms with Crippen molar-refractivity contribution in [1.82, 2.24) is 15.4 Å². The predicted octanol–water partition coefficient (Wildman–Crippen LogP) is 1.28. The molecule has 4 heteroatoms. The zero-order chi connectivity index (χ0) is 11.5. The monoisotopic (exact) mass is 231 g/mol. The summed E-state index contributed by atoms with van der Waals surface area (Å²) in [5.41, 5.74) is 2.30. The highest BCUT2D eigenvalue weighted by molar-refractivity contribution is 5.77. The van der Waals surface area contributed by atoms with Crippen molar-refractivity contribution < 1.29 is 4.52 Å². The third-order valence-electron chi connectivity index (χ3n) is 3.35. The summed E-state index contributed by atoms with van der Waals surface area (Å²) in [6.07, 6.45) is 2.78. The highest BCUT2D eigenvalue weighted by atomic mass is 16.5. The second kappa shape index (κ2) is 4.85. The molecule has 2 aromatic rings. The Morgan fingerprint density at radius 1 is 1.29 bits per heavy atom. The van der Waals surface area contributed by atoms with E-state index in [0.29, 0.717) is 0 Å². The van der Waals surface area contributed by atoms with Crippen LogP contribution in [0.2, 0.25) is 0 Å². The second-order valence-corrected chi connectivity index (χ2v) is 4.55. The number of fused-ring (bicyclic) bond motifs is 1. The molecule has 17 heavy (non-hydrogen) atoms. The lowest BCUT2D eigenvalue weighted by Gasteiger charge is -2.27. The molecule has 0 aliphatic carbocycles. The van der Waals surface area contributed by atoms with Gasteiger partial charge in [-0.05, 0) is 24.1 Å². The number of aromatic nitrogens is 1. The minimum atomic E-state index is 0.961. The highest BCUT2D eigenvalue weighted by Crippen LogP contribution is 2.14. The predicted molar refractivity (Wildman–Crippen MR) is 67.0 cm³/mol. The van der Waals surface area contributed by atoms with E-state index in [1.807, 2.05) is 0 Å². The summed E-state index contributed by atoms with van der Waals surface area (Å²) in [6, 6.07) is 6.38. The van der Waals surface area contributed by atoms with Gasteiger partial charge in [-0.3, -0.25) is 0 Å². The second-order valence-electron chi connectivity index (χ2n) is 4.55. The Morgan fingerprint density at radius 2 is 2.18 bits per heavy atom. The summed E-state index contributed by atoms with van der Waals surface area (Å²) < 4.78 is 4.95. The van der Waals surface area contributed by atoms with Gasteiger partial charge in [0.1, 0.15) is 11.8 Å². The number of benzene rings is 1. The van der Waals surface area contributed by atoms with E-state index in [1.165, 1.54) is 5.56 Å². The molecule has 1 aliphatic heterocycles. The minimum Gasteiger partial charge on any atom is -0.364 e. The van der Waals surface area contributed by atoms with Crippen molar-refractivity contribution in [1.29, 1.82) is 0 Å². The topological polar surface area (TPSA) is 41.3 Å². The van der Waals surface area contributed by atoms with E-state index in [2.05, 4.69) is 33.6 Å². The van der Waals surface area contributed by atoms with Crippen LogP contribution in [0.4, 0.5) is 0 Å². The van der Waals surface area contributed by atoms with Crippen LogP contribution in [0.25, 0.3) is 10.9 Å². The molecule has 2 heterocycles. The Balaban J connectivity index is 1.63. The number of hydrogen-bond donors (Lipinski definition) is 1. The smallest absolute Gasteiger partial charge is 0.131 e. The fourth-order valence-corrected chi connectivity index (χ4v) is 2.29. The van der Waals surface area contributed by atoms with E-state index in [0.717, 1.165) is 50.0 Å². The van der Waals surface area contributed by atoms with E-state index in [4.69, 9.17) is 4.52 Å². The molecule has 90 valence electrons. The largest absolute Gasteiger partial charge is 0.364 e. The van der Waals surface area contributed by atoms with Gasteiger partial charge in [-0.15, -0.1) is 0 Å². The number of hydrogen-bond acceptors (Lipinski definition) is 4. The first-order valence-corrected chi connectivity index (χ1v) is 6.18.